The van der Waals surface area contributed by atoms with Crippen LogP contribution >= 0.6 is 0 Å². The molecule has 0 aromatic carbocycles. The van der Waals surface area contributed by atoms with Crippen molar-refractivity contribution in [2.45, 2.75) is 27.2 Å². The second kappa shape index (κ2) is 3.30. The van der Waals surface area contributed by atoms with Crippen molar-refractivity contribution in [1.29, 1.82) is 0 Å². The highest BCUT2D eigenvalue weighted by atomic mass is 16.5. The van der Waals surface area contributed by atoms with Crippen LogP contribution in [-0.4, -0.2) is 12.6 Å². The monoisotopic (exact) mass is 168 g/mol. The number of rotatable bonds is 1. The molecule has 0 N–H and O–H groups in total. The predicted molar refractivity (Wildman–Crippen MR) is 47.7 cm³/mol. The van der Waals surface area contributed by atoms with Crippen LogP contribution in [0.5, 0.6) is 0 Å². The fourth-order valence-electron chi connectivity index (χ4n) is 1.74. The first-order valence-corrected chi connectivity index (χ1v) is 4.38. The smallest absolute Gasteiger partial charge is 0.308 e. The highest BCUT2D eigenvalue weighted by Crippen LogP contribution is 2.32. The van der Waals surface area contributed by atoms with Gasteiger partial charge in [0, 0.05) is 5.41 Å². The first-order chi connectivity index (χ1) is 5.57. The van der Waals surface area contributed by atoms with Gasteiger partial charge in [0.25, 0.3) is 0 Å². The van der Waals surface area contributed by atoms with E-state index in [2.05, 4.69) is 13.0 Å². The lowest BCUT2D eigenvalue weighted by Crippen LogP contribution is -2.35. The maximum absolute atomic E-state index is 11.0. The van der Waals surface area contributed by atoms with E-state index in [1.54, 1.807) is 0 Å². The summed E-state index contributed by atoms with van der Waals surface area (Å²) < 4.78 is 5.07. The second-order valence-corrected chi connectivity index (χ2v) is 3.87. The molecule has 2 unspecified atom stereocenters. The van der Waals surface area contributed by atoms with Crippen molar-refractivity contribution in [3.63, 3.8) is 0 Å². The fraction of sp³-hybridized carbons (Fsp3) is 0.700. The van der Waals surface area contributed by atoms with Crippen molar-refractivity contribution < 1.29 is 9.53 Å². The third-order valence-electron chi connectivity index (χ3n) is 2.29. The van der Waals surface area contributed by atoms with Gasteiger partial charge in [0.15, 0.2) is 0 Å². The number of ether oxygens (including phenoxy) is 1. The van der Waals surface area contributed by atoms with Crippen molar-refractivity contribution in [3.8, 4) is 0 Å². The molecule has 1 fully saturated rings. The zero-order valence-corrected chi connectivity index (χ0v) is 7.96. The van der Waals surface area contributed by atoms with Crippen LogP contribution in [0.15, 0.2) is 12.2 Å². The second-order valence-electron chi connectivity index (χ2n) is 3.87. The Morgan fingerprint density at radius 3 is 2.83 bits per heavy atom. The fourth-order valence-corrected chi connectivity index (χ4v) is 1.74. The van der Waals surface area contributed by atoms with Gasteiger partial charge >= 0.3 is 5.97 Å². The first-order valence-electron chi connectivity index (χ1n) is 4.38. The maximum atomic E-state index is 11.0. The molecule has 2 atom stereocenters. The molecule has 1 rings (SSSR count). The van der Waals surface area contributed by atoms with Crippen LogP contribution in [-0.2, 0) is 9.53 Å². The molecule has 2 heteroatoms. The van der Waals surface area contributed by atoms with Crippen LogP contribution in [0.3, 0.4) is 0 Å². The maximum Gasteiger partial charge on any atom is 0.308 e. The average molecular weight is 168 g/mol. The Labute approximate surface area is 73.6 Å². The minimum Gasteiger partial charge on any atom is -0.465 e. The number of esters is 1. The third-order valence-corrected chi connectivity index (χ3v) is 2.29. The van der Waals surface area contributed by atoms with Gasteiger partial charge in [-0.2, -0.15) is 0 Å². The molecule has 1 aliphatic heterocycles. The standard InChI is InChI=1S/C10H16O2/c1-4-5-10(3)6-8(2)9(11)12-7-10/h4-5,8H,6-7H2,1-3H3/b5-4-. The normalized spacial score (nSPS) is 36.9. The van der Waals surface area contributed by atoms with E-state index in [1.165, 1.54) is 0 Å². The molecule has 0 aliphatic carbocycles. The van der Waals surface area contributed by atoms with Crippen LogP contribution in [0.4, 0.5) is 0 Å². The summed E-state index contributed by atoms with van der Waals surface area (Å²) in [5.41, 5.74) is 0.0576. The van der Waals surface area contributed by atoms with Crippen LogP contribution < -0.4 is 0 Å². The molecule has 1 saturated heterocycles. The van der Waals surface area contributed by atoms with Gasteiger partial charge in [-0.3, -0.25) is 4.79 Å². The molecule has 0 aromatic rings. The molecule has 1 heterocycles. The Balaban J connectivity index is 2.66. The number of cyclic esters (lactones) is 1. The minimum absolute atomic E-state index is 0.0416. The highest BCUT2D eigenvalue weighted by molar-refractivity contribution is 5.73. The summed E-state index contributed by atoms with van der Waals surface area (Å²) >= 11 is 0. The van der Waals surface area contributed by atoms with E-state index in [9.17, 15) is 4.79 Å². The number of hydrogen-bond donors (Lipinski definition) is 0. The molecule has 0 radical (unpaired) electrons. The Morgan fingerprint density at radius 2 is 2.33 bits per heavy atom. The van der Waals surface area contributed by atoms with Crippen molar-refractivity contribution >= 4 is 5.97 Å². The van der Waals surface area contributed by atoms with Crippen LogP contribution in [0, 0.1) is 11.3 Å². The van der Waals surface area contributed by atoms with E-state index in [0.717, 1.165) is 6.42 Å². The predicted octanol–water partition coefficient (Wildman–Crippen LogP) is 2.15. The molecule has 68 valence electrons. The minimum atomic E-state index is -0.0584. The summed E-state index contributed by atoms with van der Waals surface area (Å²) in [5.74, 6) is -0.0167. The van der Waals surface area contributed by atoms with Gasteiger partial charge in [0.05, 0.1) is 5.92 Å². The highest BCUT2D eigenvalue weighted by Gasteiger charge is 2.33. The Bertz CT molecular complexity index is 208. The summed E-state index contributed by atoms with van der Waals surface area (Å²) in [5, 5.41) is 0. The van der Waals surface area contributed by atoms with E-state index >= 15 is 0 Å². The van der Waals surface area contributed by atoms with Gasteiger partial charge in [0.2, 0.25) is 0 Å². The summed E-state index contributed by atoms with van der Waals surface area (Å²) in [6.45, 7) is 6.56. The van der Waals surface area contributed by atoms with Crippen LogP contribution in [0.2, 0.25) is 0 Å². The lowest BCUT2D eigenvalue weighted by molar-refractivity contribution is -0.157. The van der Waals surface area contributed by atoms with Crippen LogP contribution in [0.25, 0.3) is 0 Å². The van der Waals surface area contributed by atoms with E-state index in [4.69, 9.17) is 4.74 Å². The lowest BCUT2D eigenvalue weighted by atomic mass is 9.80. The van der Waals surface area contributed by atoms with Gasteiger partial charge in [0.1, 0.15) is 6.61 Å². The van der Waals surface area contributed by atoms with Gasteiger partial charge < -0.3 is 4.74 Å². The number of hydrogen-bond acceptors (Lipinski definition) is 2. The zero-order valence-electron chi connectivity index (χ0n) is 7.96. The molecular weight excluding hydrogens is 152 g/mol. The lowest BCUT2D eigenvalue weighted by Gasteiger charge is -2.33. The summed E-state index contributed by atoms with van der Waals surface area (Å²) in [6, 6.07) is 0. The molecule has 0 saturated carbocycles. The summed E-state index contributed by atoms with van der Waals surface area (Å²) in [4.78, 5) is 11.0. The molecule has 2 nitrogen and oxygen atoms in total. The number of carbonyl (C=O) groups excluding carboxylic acids is 1. The first kappa shape index (κ1) is 9.30. The van der Waals surface area contributed by atoms with Crippen LogP contribution in [0.1, 0.15) is 27.2 Å². The van der Waals surface area contributed by atoms with E-state index in [0.29, 0.717) is 6.61 Å². The Kier molecular flexibility index (Phi) is 2.55. The molecule has 12 heavy (non-hydrogen) atoms. The van der Waals surface area contributed by atoms with E-state index in [1.807, 2.05) is 19.9 Å². The summed E-state index contributed by atoms with van der Waals surface area (Å²) in [6.07, 6.45) is 5.04. The SMILES string of the molecule is C/C=C\C1(C)COC(=O)C(C)C1. The largest absolute Gasteiger partial charge is 0.465 e. The molecule has 0 amide bonds. The molecule has 0 bridgehead atoms. The van der Waals surface area contributed by atoms with Gasteiger partial charge in [-0.15, -0.1) is 0 Å². The Morgan fingerprint density at radius 1 is 1.67 bits per heavy atom. The molecule has 0 aromatic heterocycles. The molecule has 1 aliphatic rings. The van der Waals surface area contributed by atoms with Crippen molar-refractivity contribution in [3.05, 3.63) is 12.2 Å². The zero-order chi connectivity index (χ0) is 9.19. The quantitative estimate of drug-likeness (QED) is 0.443. The van der Waals surface area contributed by atoms with Crippen molar-refractivity contribution in [2.24, 2.45) is 11.3 Å². The number of carbonyl (C=O) groups is 1. The third kappa shape index (κ3) is 1.87. The van der Waals surface area contributed by atoms with Gasteiger partial charge in [-0.25, -0.2) is 0 Å². The van der Waals surface area contributed by atoms with Crippen molar-refractivity contribution in [1.82, 2.24) is 0 Å². The van der Waals surface area contributed by atoms with Gasteiger partial charge in [-0.05, 0) is 13.3 Å². The Hall–Kier alpha value is -0.790. The number of allylic oxidation sites excluding steroid dienone is 1. The van der Waals surface area contributed by atoms with Crippen molar-refractivity contribution in [2.75, 3.05) is 6.61 Å². The van der Waals surface area contributed by atoms with Gasteiger partial charge in [-0.1, -0.05) is 26.0 Å². The summed E-state index contributed by atoms with van der Waals surface area (Å²) in [7, 11) is 0. The molecule has 0 spiro atoms. The van der Waals surface area contributed by atoms with E-state index < -0.39 is 0 Å². The molecular formula is C10H16O2. The van der Waals surface area contributed by atoms with E-state index in [-0.39, 0.29) is 17.3 Å². The average Bonchev–Trinajstić information content (AvgIpc) is 1.98. The topological polar surface area (TPSA) is 26.3 Å².